The molecule has 0 aliphatic heterocycles. The lowest BCUT2D eigenvalue weighted by Crippen LogP contribution is -2.20. The van der Waals surface area contributed by atoms with E-state index in [1.807, 2.05) is 72.8 Å². The number of benzene rings is 3. The van der Waals surface area contributed by atoms with Crippen molar-refractivity contribution in [2.24, 2.45) is 0 Å². The van der Waals surface area contributed by atoms with Gasteiger partial charge >= 0.3 is 5.97 Å². The van der Waals surface area contributed by atoms with Crippen LogP contribution in [-0.4, -0.2) is 13.1 Å². The largest absolute Gasteiger partial charge is 0.474 e. The quantitative estimate of drug-likeness (QED) is 0.678. The van der Waals surface area contributed by atoms with Crippen LogP contribution in [0.2, 0.25) is 0 Å². The molecule has 110 valence electrons. The number of carbonyl (C=O) groups excluding carboxylic acids is 1. The van der Waals surface area contributed by atoms with E-state index >= 15 is 0 Å². The molecule has 3 heteroatoms. The van der Waals surface area contributed by atoms with Crippen molar-refractivity contribution in [3.63, 3.8) is 0 Å². The number of rotatable bonds is 4. The summed E-state index contributed by atoms with van der Waals surface area (Å²) in [4.78, 5) is 12.1. The van der Waals surface area contributed by atoms with Crippen LogP contribution >= 0.6 is 0 Å². The molecule has 22 heavy (non-hydrogen) atoms. The number of hydrogen-bond donors (Lipinski definition) is 0. The zero-order valence-corrected chi connectivity index (χ0v) is 12.2. The molecule has 0 saturated heterocycles. The molecule has 1 atom stereocenters. The Balaban J connectivity index is 1.98. The third-order valence-electron chi connectivity index (χ3n) is 3.49. The van der Waals surface area contributed by atoms with Crippen LogP contribution in [0.3, 0.4) is 0 Å². The van der Waals surface area contributed by atoms with E-state index in [1.165, 1.54) is 7.11 Å². The minimum absolute atomic E-state index is 0.417. The van der Waals surface area contributed by atoms with Gasteiger partial charge in [-0.1, -0.05) is 54.6 Å². The summed E-state index contributed by atoms with van der Waals surface area (Å²) in [6, 6.07) is 23.1. The second kappa shape index (κ2) is 6.31. The van der Waals surface area contributed by atoms with Gasteiger partial charge in [0.2, 0.25) is 6.10 Å². The molecule has 0 amide bonds. The van der Waals surface area contributed by atoms with Crippen LogP contribution in [-0.2, 0) is 9.53 Å². The lowest BCUT2D eigenvalue weighted by molar-refractivity contribution is -0.149. The van der Waals surface area contributed by atoms with Gasteiger partial charge in [-0.05, 0) is 29.0 Å². The van der Waals surface area contributed by atoms with Gasteiger partial charge in [-0.25, -0.2) is 4.79 Å². The third kappa shape index (κ3) is 2.93. The second-order valence-corrected chi connectivity index (χ2v) is 4.94. The van der Waals surface area contributed by atoms with Crippen LogP contribution in [0, 0.1) is 0 Å². The summed E-state index contributed by atoms with van der Waals surface area (Å²) in [7, 11) is 1.37. The smallest absolute Gasteiger partial charge is 0.351 e. The van der Waals surface area contributed by atoms with Crippen LogP contribution in [0.5, 0.6) is 5.75 Å². The van der Waals surface area contributed by atoms with E-state index in [-0.39, 0.29) is 0 Å². The molecule has 0 bridgehead atoms. The van der Waals surface area contributed by atoms with E-state index in [4.69, 9.17) is 9.47 Å². The molecule has 3 rings (SSSR count). The Morgan fingerprint density at radius 2 is 1.55 bits per heavy atom. The van der Waals surface area contributed by atoms with Crippen LogP contribution in [0.4, 0.5) is 0 Å². The van der Waals surface area contributed by atoms with Gasteiger partial charge in [0.05, 0.1) is 7.11 Å². The van der Waals surface area contributed by atoms with Gasteiger partial charge in [0.25, 0.3) is 0 Å². The highest BCUT2D eigenvalue weighted by Crippen LogP contribution is 2.26. The summed E-state index contributed by atoms with van der Waals surface area (Å²) in [5, 5.41) is 2.18. The molecule has 3 aromatic carbocycles. The van der Waals surface area contributed by atoms with Crippen LogP contribution in [0.1, 0.15) is 11.7 Å². The number of para-hydroxylation sites is 1. The van der Waals surface area contributed by atoms with Gasteiger partial charge in [-0.2, -0.15) is 0 Å². The summed E-state index contributed by atoms with van der Waals surface area (Å²) >= 11 is 0. The molecule has 0 radical (unpaired) electrons. The highest BCUT2D eigenvalue weighted by atomic mass is 16.6. The SMILES string of the molecule is COC(=O)C(Oc1ccccc1)c1ccc2ccccc2c1. The monoisotopic (exact) mass is 292 g/mol. The Bertz CT molecular complexity index is 781. The van der Waals surface area contributed by atoms with Crippen molar-refractivity contribution in [3.8, 4) is 5.75 Å². The molecule has 1 unspecified atom stereocenters. The van der Waals surface area contributed by atoms with Crippen molar-refractivity contribution in [2.45, 2.75) is 6.10 Å². The van der Waals surface area contributed by atoms with Crippen molar-refractivity contribution >= 4 is 16.7 Å². The highest BCUT2D eigenvalue weighted by Gasteiger charge is 2.23. The molecule has 0 heterocycles. The van der Waals surface area contributed by atoms with Gasteiger partial charge in [0.15, 0.2) is 0 Å². The Morgan fingerprint density at radius 1 is 0.864 bits per heavy atom. The standard InChI is InChI=1S/C19H16O3/c1-21-19(20)18(22-17-9-3-2-4-10-17)16-12-11-14-7-5-6-8-15(14)13-16/h2-13,18H,1H3. The van der Waals surface area contributed by atoms with Gasteiger partial charge in [-0.3, -0.25) is 0 Å². The molecule has 0 N–H and O–H groups in total. The molecule has 0 fully saturated rings. The zero-order valence-electron chi connectivity index (χ0n) is 12.2. The molecule has 3 nitrogen and oxygen atoms in total. The van der Waals surface area contributed by atoms with E-state index in [9.17, 15) is 4.79 Å². The molecular formula is C19H16O3. The second-order valence-electron chi connectivity index (χ2n) is 4.94. The molecule has 0 aromatic heterocycles. The topological polar surface area (TPSA) is 35.5 Å². The lowest BCUT2D eigenvalue weighted by Gasteiger charge is -2.17. The number of fused-ring (bicyclic) bond motifs is 1. The summed E-state index contributed by atoms with van der Waals surface area (Å²) in [6.45, 7) is 0. The van der Waals surface area contributed by atoms with Crippen LogP contribution < -0.4 is 4.74 Å². The van der Waals surface area contributed by atoms with Crippen molar-refractivity contribution < 1.29 is 14.3 Å². The van der Waals surface area contributed by atoms with Gasteiger partial charge in [0.1, 0.15) is 5.75 Å². The summed E-state index contributed by atoms with van der Waals surface area (Å²) < 4.78 is 10.7. The first-order valence-corrected chi connectivity index (χ1v) is 7.06. The molecule has 0 saturated carbocycles. The predicted molar refractivity (Wildman–Crippen MR) is 85.8 cm³/mol. The molecular weight excluding hydrogens is 276 g/mol. The lowest BCUT2D eigenvalue weighted by atomic mass is 10.0. The first-order chi connectivity index (χ1) is 10.8. The summed E-state index contributed by atoms with van der Waals surface area (Å²) in [5.41, 5.74) is 0.773. The average Bonchev–Trinajstić information content (AvgIpc) is 2.59. The maximum Gasteiger partial charge on any atom is 0.351 e. The van der Waals surface area contributed by atoms with E-state index in [0.717, 1.165) is 16.3 Å². The third-order valence-corrected chi connectivity index (χ3v) is 3.49. The Hall–Kier alpha value is -2.81. The summed E-state index contributed by atoms with van der Waals surface area (Å²) in [6.07, 6.45) is -0.781. The van der Waals surface area contributed by atoms with Crippen molar-refractivity contribution in [1.29, 1.82) is 0 Å². The average molecular weight is 292 g/mol. The minimum atomic E-state index is -0.781. The van der Waals surface area contributed by atoms with Crippen molar-refractivity contribution in [3.05, 3.63) is 78.4 Å². The Kier molecular flexibility index (Phi) is 4.05. The van der Waals surface area contributed by atoms with E-state index in [2.05, 4.69) is 0 Å². The summed E-state index contributed by atoms with van der Waals surface area (Å²) in [5.74, 6) is 0.213. The number of carbonyl (C=O) groups is 1. The predicted octanol–water partition coefficient (Wildman–Crippen LogP) is 4.13. The number of ether oxygens (including phenoxy) is 2. The van der Waals surface area contributed by atoms with E-state index in [0.29, 0.717) is 5.75 Å². The number of hydrogen-bond acceptors (Lipinski definition) is 3. The first-order valence-electron chi connectivity index (χ1n) is 7.06. The number of esters is 1. The van der Waals surface area contributed by atoms with E-state index in [1.54, 1.807) is 0 Å². The molecule has 0 aliphatic rings. The van der Waals surface area contributed by atoms with Gasteiger partial charge in [-0.15, -0.1) is 0 Å². The maximum atomic E-state index is 12.1. The molecule has 0 aliphatic carbocycles. The highest BCUT2D eigenvalue weighted by molar-refractivity contribution is 5.85. The first kappa shape index (κ1) is 14.1. The van der Waals surface area contributed by atoms with Crippen molar-refractivity contribution in [2.75, 3.05) is 7.11 Å². The Morgan fingerprint density at radius 3 is 2.27 bits per heavy atom. The molecule has 3 aromatic rings. The maximum absolute atomic E-state index is 12.1. The van der Waals surface area contributed by atoms with Gasteiger partial charge < -0.3 is 9.47 Å². The Labute approximate surface area is 129 Å². The van der Waals surface area contributed by atoms with Crippen molar-refractivity contribution in [1.82, 2.24) is 0 Å². The fraction of sp³-hybridized carbons (Fsp3) is 0.105. The minimum Gasteiger partial charge on any atom is -0.474 e. The normalized spacial score (nSPS) is 11.9. The fourth-order valence-electron chi connectivity index (χ4n) is 2.37. The van der Waals surface area contributed by atoms with Crippen LogP contribution in [0.25, 0.3) is 10.8 Å². The van der Waals surface area contributed by atoms with Crippen LogP contribution in [0.15, 0.2) is 72.8 Å². The number of methoxy groups -OCH3 is 1. The van der Waals surface area contributed by atoms with Gasteiger partial charge in [0, 0.05) is 5.56 Å². The molecule has 0 spiro atoms. The van der Waals surface area contributed by atoms with E-state index < -0.39 is 12.1 Å². The zero-order chi connectivity index (χ0) is 15.4. The fourth-order valence-corrected chi connectivity index (χ4v) is 2.37.